The number of amides is 1. The van der Waals surface area contributed by atoms with E-state index in [0.29, 0.717) is 63.7 Å². The SMILES string of the molecule is COc1ccc(S(=O)(=O)N2CCN(CCNC(=O)c3ccc(S(=O)(=O)N4CCCCC4)cc3)CC2)cc1. The van der Waals surface area contributed by atoms with E-state index in [1.54, 1.807) is 24.3 Å². The van der Waals surface area contributed by atoms with E-state index in [4.69, 9.17) is 4.74 Å². The predicted octanol–water partition coefficient (Wildman–Crippen LogP) is 1.61. The molecular weight excluding hydrogens is 516 g/mol. The number of methoxy groups -OCH3 is 1. The summed E-state index contributed by atoms with van der Waals surface area (Å²) in [5, 5.41) is 2.86. The van der Waals surface area contributed by atoms with Gasteiger partial charge in [0.2, 0.25) is 20.0 Å². The highest BCUT2D eigenvalue weighted by Gasteiger charge is 2.29. The molecule has 0 radical (unpaired) electrons. The molecule has 0 bridgehead atoms. The Hall–Kier alpha value is -2.51. The van der Waals surface area contributed by atoms with Gasteiger partial charge in [0.15, 0.2) is 0 Å². The number of nitrogens with one attached hydrogen (secondary N) is 1. The molecule has 10 nitrogen and oxygen atoms in total. The highest BCUT2D eigenvalue weighted by atomic mass is 32.2. The lowest BCUT2D eigenvalue weighted by atomic mass is 10.2. The van der Waals surface area contributed by atoms with E-state index in [2.05, 4.69) is 10.2 Å². The zero-order valence-electron chi connectivity index (χ0n) is 21.0. The van der Waals surface area contributed by atoms with E-state index >= 15 is 0 Å². The van der Waals surface area contributed by atoms with Gasteiger partial charge in [0, 0.05) is 57.9 Å². The van der Waals surface area contributed by atoms with Gasteiger partial charge in [0.25, 0.3) is 5.91 Å². The quantitative estimate of drug-likeness (QED) is 0.504. The van der Waals surface area contributed by atoms with Crippen LogP contribution >= 0.6 is 0 Å². The van der Waals surface area contributed by atoms with Crippen molar-refractivity contribution in [3.05, 3.63) is 54.1 Å². The zero-order chi connectivity index (χ0) is 26.5. The van der Waals surface area contributed by atoms with E-state index in [9.17, 15) is 21.6 Å². The third kappa shape index (κ3) is 6.50. The first-order valence-corrected chi connectivity index (χ1v) is 15.3. The van der Waals surface area contributed by atoms with Gasteiger partial charge >= 0.3 is 0 Å². The second-order valence-corrected chi connectivity index (χ2v) is 13.0. The van der Waals surface area contributed by atoms with Crippen molar-refractivity contribution >= 4 is 26.0 Å². The number of ether oxygens (including phenoxy) is 1. The van der Waals surface area contributed by atoms with Crippen LogP contribution in [0.1, 0.15) is 29.6 Å². The maximum atomic E-state index is 12.9. The van der Waals surface area contributed by atoms with Crippen LogP contribution in [0, 0.1) is 0 Å². The van der Waals surface area contributed by atoms with E-state index in [1.165, 1.54) is 40.0 Å². The zero-order valence-corrected chi connectivity index (χ0v) is 22.6. The van der Waals surface area contributed by atoms with Gasteiger partial charge in [-0.15, -0.1) is 0 Å². The second kappa shape index (κ2) is 11.9. The Balaban J connectivity index is 1.23. The fourth-order valence-corrected chi connectivity index (χ4v) is 7.49. The lowest BCUT2D eigenvalue weighted by Gasteiger charge is -2.34. The van der Waals surface area contributed by atoms with E-state index in [0.717, 1.165) is 19.3 Å². The van der Waals surface area contributed by atoms with Crippen molar-refractivity contribution in [3.63, 3.8) is 0 Å². The van der Waals surface area contributed by atoms with Crippen molar-refractivity contribution in [2.24, 2.45) is 0 Å². The maximum Gasteiger partial charge on any atom is 0.251 e. The third-order valence-electron chi connectivity index (χ3n) is 6.81. The monoisotopic (exact) mass is 550 g/mol. The molecule has 2 aliphatic heterocycles. The van der Waals surface area contributed by atoms with Crippen molar-refractivity contribution < 1.29 is 26.4 Å². The van der Waals surface area contributed by atoms with Gasteiger partial charge in [0.1, 0.15) is 5.75 Å². The summed E-state index contributed by atoms with van der Waals surface area (Å²) in [7, 11) is -5.56. The summed E-state index contributed by atoms with van der Waals surface area (Å²) >= 11 is 0. The number of rotatable bonds is 9. The minimum Gasteiger partial charge on any atom is -0.497 e. The summed E-state index contributed by atoms with van der Waals surface area (Å²) < 4.78 is 59.4. The minimum absolute atomic E-state index is 0.202. The highest BCUT2D eigenvalue weighted by Crippen LogP contribution is 2.22. The van der Waals surface area contributed by atoms with Gasteiger partial charge in [-0.05, 0) is 61.4 Å². The summed E-state index contributed by atoms with van der Waals surface area (Å²) in [6.07, 6.45) is 2.78. The molecule has 0 aliphatic carbocycles. The fraction of sp³-hybridized carbons (Fsp3) is 0.480. The van der Waals surface area contributed by atoms with Crippen LogP contribution in [0.25, 0.3) is 0 Å². The number of carbonyl (C=O) groups is 1. The Labute approximate surface area is 219 Å². The first-order chi connectivity index (χ1) is 17.7. The first kappa shape index (κ1) is 27.5. The van der Waals surface area contributed by atoms with Gasteiger partial charge in [-0.3, -0.25) is 9.69 Å². The van der Waals surface area contributed by atoms with Crippen LogP contribution in [-0.2, 0) is 20.0 Å². The summed E-state index contributed by atoms with van der Waals surface area (Å²) in [5.74, 6) is 0.326. The Morgan fingerprint density at radius 2 is 1.27 bits per heavy atom. The van der Waals surface area contributed by atoms with Crippen molar-refractivity contribution in [3.8, 4) is 5.75 Å². The van der Waals surface area contributed by atoms with Crippen molar-refractivity contribution in [2.75, 3.05) is 59.5 Å². The number of hydrogen-bond donors (Lipinski definition) is 1. The van der Waals surface area contributed by atoms with Gasteiger partial charge in [-0.2, -0.15) is 8.61 Å². The van der Waals surface area contributed by atoms with Crippen molar-refractivity contribution in [1.82, 2.24) is 18.8 Å². The number of piperidine rings is 1. The van der Waals surface area contributed by atoms with Gasteiger partial charge in [-0.25, -0.2) is 16.8 Å². The Morgan fingerprint density at radius 3 is 1.81 bits per heavy atom. The number of hydrogen-bond acceptors (Lipinski definition) is 7. The van der Waals surface area contributed by atoms with Gasteiger partial charge in [0.05, 0.1) is 16.9 Å². The molecule has 12 heteroatoms. The standard InChI is InChI=1S/C25H34N4O6S2/c1-35-22-7-11-24(12-8-22)37(33,34)29-19-17-27(18-20-29)16-13-26-25(30)21-5-9-23(10-6-21)36(31,32)28-14-3-2-4-15-28/h5-12H,2-4,13-20H2,1H3,(H,26,30). The molecule has 37 heavy (non-hydrogen) atoms. The van der Waals surface area contributed by atoms with Crippen LogP contribution in [0.3, 0.4) is 0 Å². The van der Waals surface area contributed by atoms with Crippen LogP contribution < -0.4 is 10.1 Å². The smallest absolute Gasteiger partial charge is 0.251 e. The molecule has 0 aromatic heterocycles. The summed E-state index contributed by atoms with van der Waals surface area (Å²) in [6.45, 7) is 3.92. The maximum absolute atomic E-state index is 12.9. The van der Waals surface area contributed by atoms with Gasteiger partial charge in [-0.1, -0.05) is 6.42 Å². The Morgan fingerprint density at radius 1 is 0.757 bits per heavy atom. The van der Waals surface area contributed by atoms with Crippen molar-refractivity contribution in [1.29, 1.82) is 0 Å². The Kier molecular flexibility index (Phi) is 8.86. The topological polar surface area (TPSA) is 116 Å². The molecule has 0 spiro atoms. The number of sulfonamides is 2. The molecule has 1 N–H and O–H groups in total. The lowest BCUT2D eigenvalue weighted by molar-refractivity contribution is 0.0945. The minimum atomic E-state index is -3.57. The number of nitrogens with zero attached hydrogens (tertiary/aromatic N) is 3. The fourth-order valence-electron chi connectivity index (χ4n) is 4.55. The molecule has 0 saturated carbocycles. The molecule has 2 aliphatic rings. The third-order valence-corrected chi connectivity index (χ3v) is 10.6. The number of piperazine rings is 1. The van der Waals surface area contributed by atoms with E-state index < -0.39 is 20.0 Å². The van der Waals surface area contributed by atoms with Crippen LogP contribution in [0.15, 0.2) is 58.3 Å². The van der Waals surface area contributed by atoms with Gasteiger partial charge < -0.3 is 10.1 Å². The first-order valence-electron chi connectivity index (χ1n) is 12.5. The van der Waals surface area contributed by atoms with E-state index in [1.807, 2.05) is 0 Å². The van der Waals surface area contributed by atoms with Crippen LogP contribution in [-0.4, -0.2) is 95.7 Å². The molecule has 2 aromatic rings. The average Bonchev–Trinajstić information content (AvgIpc) is 2.94. The predicted molar refractivity (Wildman–Crippen MR) is 140 cm³/mol. The second-order valence-electron chi connectivity index (χ2n) is 9.17. The molecular formula is C25H34N4O6S2. The average molecular weight is 551 g/mol. The normalized spacial score (nSPS) is 18.4. The molecule has 2 fully saturated rings. The Bertz CT molecular complexity index is 1270. The van der Waals surface area contributed by atoms with Crippen LogP contribution in [0.2, 0.25) is 0 Å². The lowest BCUT2D eigenvalue weighted by Crippen LogP contribution is -2.50. The largest absolute Gasteiger partial charge is 0.497 e. The summed E-state index contributed by atoms with van der Waals surface area (Å²) in [6, 6.07) is 12.4. The molecule has 4 rings (SSSR count). The molecule has 2 aromatic carbocycles. The molecule has 2 heterocycles. The van der Waals surface area contributed by atoms with Crippen LogP contribution in [0.5, 0.6) is 5.75 Å². The number of carbonyl (C=O) groups excluding carboxylic acids is 1. The molecule has 1 amide bonds. The molecule has 202 valence electrons. The molecule has 0 unspecified atom stereocenters. The number of benzene rings is 2. The molecule has 0 atom stereocenters. The molecule has 2 saturated heterocycles. The van der Waals surface area contributed by atoms with Crippen LogP contribution in [0.4, 0.5) is 0 Å². The van der Waals surface area contributed by atoms with E-state index in [-0.39, 0.29) is 15.7 Å². The highest BCUT2D eigenvalue weighted by molar-refractivity contribution is 7.89. The van der Waals surface area contributed by atoms with Crippen molar-refractivity contribution in [2.45, 2.75) is 29.1 Å². The summed E-state index contributed by atoms with van der Waals surface area (Å²) in [4.78, 5) is 15.1. The summed E-state index contributed by atoms with van der Waals surface area (Å²) in [5.41, 5.74) is 0.396.